The monoisotopic (exact) mass is 281 g/mol. The van der Waals surface area contributed by atoms with Crippen molar-refractivity contribution < 1.29 is 14.3 Å². The van der Waals surface area contributed by atoms with Gasteiger partial charge in [0.15, 0.2) is 5.78 Å². The van der Waals surface area contributed by atoms with Crippen LogP contribution in [0.1, 0.15) is 21.6 Å². The molecule has 3 rings (SSSR count). The van der Waals surface area contributed by atoms with Crippen LogP contribution in [0.15, 0.2) is 54.2 Å². The Morgan fingerprint density at radius 2 is 1.76 bits per heavy atom. The number of rotatable bonds is 3. The number of pyridine rings is 1. The molecule has 4 heteroatoms. The fourth-order valence-electron chi connectivity index (χ4n) is 2.70. The SMILES string of the molecule is COC1(OC)C(=Cc2ccccn2)C(=O)c2ccccc21. The summed E-state index contributed by atoms with van der Waals surface area (Å²) in [6, 6.07) is 12.8. The molecule has 4 nitrogen and oxygen atoms in total. The number of carbonyl (C=O) groups is 1. The second-order valence-corrected chi connectivity index (χ2v) is 4.71. The molecule has 0 saturated heterocycles. The van der Waals surface area contributed by atoms with Crippen LogP contribution in [0.2, 0.25) is 0 Å². The number of aromatic nitrogens is 1. The highest BCUT2D eigenvalue weighted by Gasteiger charge is 2.49. The van der Waals surface area contributed by atoms with Gasteiger partial charge in [0.05, 0.1) is 11.3 Å². The van der Waals surface area contributed by atoms with E-state index in [0.29, 0.717) is 16.8 Å². The summed E-state index contributed by atoms with van der Waals surface area (Å²) in [7, 11) is 3.07. The summed E-state index contributed by atoms with van der Waals surface area (Å²) in [5.41, 5.74) is 2.45. The van der Waals surface area contributed by atoms with Gasteiger partial charge >= 0.3 is 0 Å². The Balaban J connectivity index is 2.21. The van der Waals surface area contributed by atoms with Crippen molar-refractivity contribution in [2.45, 2.75) is 5.79 Å². The lowest BCUT2D eigenvalue weighted by atomic mass is 10.0. The molecule has 0 radical (unpaired) electrons. The van der Waals surface area contributed by atoms with Gasteiger partial charge in [-0.05, 0) is 18.2 Å². The van der Waals surface area contributed by atoms with E-state index < -0.39 is 5.79 Å². The second kappa shape index (κ2) is 5.24. The van der Waals surface area contributed by atoms with E-state index in [2.05, 4.69) is 4.98 Å². The van der Waals surface area contributed by atoms with Crippen molar-refractivity contribution in [1.29, 1.82) is 0 Å². The molecule has 0 fully saturated rings. The lowest BCUT2D eigenvalue weighted by molar-refractivity contribution is -0.180. The number of ether oxygens (including phenoxy) is 2. The van der Waals surface area contributed by atoms with E-state index in [0.717, 1.165) is 5.56 Å². The Kier molecular flexibility index (Phi) is 3.41. The van der Waals surface area contributed by atoms with E-state index in [1.807, 2.05) is 36.4 Å². The molecule has 106 valence electrons. The van der Waals surface area contributed by atoms with Crippen LogP contribution >= 0.6 is 0 Å². The van der Waals surface area contributed by atoms with Crippen molar-refractivity contribution in [3.63, 3.8) is 0 Å². The number of Topliss-reactive ketones (excluding diaryl/α,β-unsaturated/α-hetero) is 1. The molecule has 0 amide bonds. The van der Waals surface area contributed by atoms with Crippen molar-refractivity contribution >= 4 is 11.9 Å². The highest BCUT2D eigenvalue weighted by atomic mass is 16.7. The van der Waals surface area contributed by atoms with Crippen LogP contribution in [0.5, 0.6) is 0 Å². The molecule has 1 aromatic carbocycles. The highest BCUT2D eigenvalue weighted by molar-refractivity contribution is 6.17. The largest absolute Gasteiger partial charge is 0.345 e. The minimum Gasteiger partial charge on any atom is -0.345 e. The molecule has 0 aliphatic heterocycles. The van der Waals surface area contributed by atoms with E-state index in [1.165, 1.54) is 14.2 Å². The van der Waals surface area contributed by atoms with Gasteiger partial charge in [-0.15, -0.1) is 0 Å². The summed E-state index contributed by atoms with van der Waals surface area (Å²) in [6.45, 7) is 0. The van der Waals surface area contributed by atoms with Crippen LogP contribution in [0.3, 0.4) is 0 Å². The zero-order chi connectivity index (χ0) is 14.9. The average Bonchev–Trinajstić information content (AvgIpc) is 2.78. The van der Waals surface area contributed by atoms with E-state index >= 15 is 0 Å². The summed E-state index contributed by atoms with van der Waals surface area (Å²) in [6.07, 6.45) is 3.40. The molecule has 0 spiro atoms. The minimum absolute atomic E-state index is 0.0973. The van der Waals surface area contributed by atoms with Gasteiger partial charge in [0.1, 0.15) is 0 Å². The number of benzene rings is 1. The molecule has 0 N–H and O–H groups in total. The van der Waals surface area contributed by atoms with E-state index in [4.69, 9.17) is 9.47 Å². The molecule has 0 bridgehead atoms. The molecule has 21 heavy (non-hydrogen) atoms. The quantitative estimate of drug-likeness (QED) is 0.641. The number of hydrogen-bond donors (Lipinski definition) is 0. The Bertz CT molecular complexity index is 703. The Morgan fingerprint density at radius 1 is 1.05 bits per heavy atom. The molecular formula is C17H15NO3. The topological polar surface area (TPSA) is 48.4 Å². The fraction of sp³-hybridized carbons (Fsp3) is 0.176. The molecule has 0 unspecified atom stereocenters. The summed E-state index contributed by atoms with van der Waals surface area (Å²) in [4.78, 5) is 16.9. The van der Waals surface area contributed by atoms with Crippen LogP contribution in [-0.4, -0.2) is 25.0 Å². The highest BCUT2D eigenvalue weighted by Crippen LogP contribution is 2.44. The van der Waals surface area contributed by atoms with Crippen LogP contribution in [0.4, 0.5) is 0 Å². The van der Waals surface area contributed by atoms with Crippen LogP contribution < -0.4 is 0 Å². The predicted molar refractivity (Wildman–Crippen MR) is 78.7 cm³/mol. The molecule has 2 aromatic rings. The van der Waals surface area contributed by atoms with E-state index in [9.17, 15) is 4.79 Å². The van der Waals surface area contributed by atoms with Gasteiger partial charge in [-0.2, -0.15) is 0 Å². The van der Waals surface area contributed by atoms with Gasteiger partial charge in [-0.25, -0.2) is 0 Å². The maximum atomic E-state index is 12.7. The van der Waals surface area contributed by atoms with Gasteiger partial charge in [-0.3, -0.25) is 9.78 Å². The molecule has 1 aliphatic carbocycles. The molecule has 1 aliphatic rings. The lowest BCUT2D eigenvalue weighted by Crippen LogP contribution is -2.30. The average molecular weight is 281 g/mol. The first kappa shape index (κ1) is 13.7. The van der Waals surface area contributed by atoms with Crippen LogP contribution in [-0.2, 0) is 15.3 Å². The van der Waals surface area contributed by atoms with Gasteiger partial charge in [-0.1, -0.05) is 30.3 Å². The van der Waals surface area contributed by atoms with Crippen molar-refractivity contribution in [3.05, 3.63) is 71.1 Å². The fourth-order valence-corrected chi connectivity index (χ4v) is 2.70. The number of hydrogen-bond acceptors (Lipinski definition) is 4. The van der Waals surface area contributed by atoms with Gasteiger partial charge in [0, 0.05) is 31.5 Å². The lowest BCUT2D eigenvalue weighted by Gasteiger charge is -2.27. The van der Waals surface area contributed by atoms with Gasteiger partial charge in [0.25, 0.3) is 0 Å². The van der Waals surface area contributed by atoms with Crippen molar-refractivity contribution in [2.24, 2.45) is 0 Å². The number of nitrogens with zero attached hydrogens (tertiary/aromatic N) is 1. The third kappa shape index (κ3) is 2.00. The number of methoxy groups -OCH3 is 2. The normalized spacial score (nSPS) is 18.0. The smallest absolute Gasteiger partial charge is 0.226 e. The van der Waals surface area contributed by atoms with Crippen LogP contribution in [0, 0.1) is 0 Å². The van der Waals surface area contributed by atoms with Crippen molar-refractivity contribution in [3.8, 4) is 0 Å². The van der Waals surface area contributed by atoms with E-state index in [-0.39, 0.29) is 5.78 Å². The molecular weight excluding hydrogens is 266 g/mol. The van der Waals surface area contributed by atoms with E-state index in [1.54, 1.807) is 18.3 Å². The maximum Gasteiger partial charge on any atom is 0.226 e. The molecule has 0 saturated carbocycles. The summed E-state index contributed by atoms with van der Waals surface area (Å²) in [5, 5.41) is 0. The maximum absolute atomic E-state index is 12.7. The Labute approximate surface area is 123 Å². The third-order valence-corrected chi connectivity index (χ3v) is 3.68. The first-order chi connectivity index (χ1) is 10.2. The molecule has 1 aromatic heterocycles. The zero-order valence-electron chi connectivity index (χ0n) is 11.9. The van der Waals surface area contributed by atoms with Crippen LogP contribution in [0.25, 0.3) is 6.08 Å². The minimum atomic E-state index is -1.18. The Hall–Kier alpha value is -2.30. The summed E-state index contributed by atoms with van der Waals surface area (Å²) >= 11 is 0. The van der Waals surface area contributed by atoms with Gasteiger partial charge in [0.2, 0.25) is 5.79 Å². The zero-order valence-corrected chi connectivity index (χ0v) is 11.9. The first-order valence-corrected chi connectivity index (χ1v) is 6.60. The number of fused-ring (bicyclic) bond motifs is 1. The predicted octanol–water partition coefficient (Wildman–Crippen LogP) is 2.81. The van der Waals surface area contributed by atoms with Crippen molar-refractivity contribution in [2.75, 3.05) is 14.2 Å². The summed E-state index contributed by atoms with van der Waals surface area (Å²) < 4.78 is 11.2. The first-order valence-electron chi connectivity index (χ1n) is 6.60. The third-order valence-electron chi connectivity index (χ3n) is 3.68. The Morgan fingerprint density at radius 3 is 2.43 bits per heavy atom. The standard InChI is InChI=1S/C17H15NO3/c1-20-17(21-2)14-9-4-3-8-13(14)16(19)15(17)11-12-7-5-6-10-18-12/h3-11H,1-2H3. The molecule has 1 heterocycles. The number of carbonyl (C=O) groups excluding carboxylic acids is 1. The van der Waals surface area contributed by atoms with Crippen molar-refractivity contribution in [1.82, 2.24) is 4.98 Å². The second-order valence-electron chi connectivity index (χ2n) is 4.71. The number of ketones is 1. The summed E-state index contributed by atoms with van der Waals surface area (Å²) in [5.74, 6) is -1.27. The molecule has 0 atom stereocenters. The van der Waals surface area contributed by atoms with Gasteiger partial charge < -0.3 is 9.47 Å².